The minimum atomic E-state index is 0.0701. The molecule has 2 N–H and O–H groups in total. The van der Waals surface area contributed by atoms with Gasteiger partial charge in [-0.1, -0.05) is 5.21 Å². The molecule has 0 unspecified atom stereocenters. The van der Waals surface area contributed by atoms with Gasteiger partial charge in [-0.25, -0.2) is 0 Å². The second kappa shape index (κ2) is 2.86. The Morgan fingerprint density at radius 3 is 3.25 bits per heavy atom. The van der Waals surface area contributed by atoms with E-state index in [0.29, 0.717) is 6.42 Å². The lowest BCUT2D eigenvalue weighted by Gasteiger charge is -2.01. The van der Waals surface area contributed by atoms with Gasteiger partial charge in [0.05, 0.1) is 11.4 Å². The van der Waals surface area contributed by atoms with E-state index in [-0.39, 0.29) is 6.61 Å². The SMILES string of the molecule is OCCc1nn[nH]c2ccnc1-2. The van der Waals surface area contributed by atoms with E-state index in [4.69, 9.17) is 5.11 Å². The number of fused-ring (bicyclic) bond motifs is 1. The number of H-pyrrole nitrogens is 1. The Kier molecular flexibility index (Phi) is 1.71. The van der Waals surface area contributed by atoms with E-state index >= 15 is 0 Å². The summed E-state index contributed by atoms with van der Waals surface area (Å²) in [5.41, 5.74) is 2.38. The highest BCUT2D eigenvalue weighted by Crippen LogP contribution is 2.18. The zero-order chi connectivity index (χ0) is 8.39. The summed E-state index contributed by atoms with van der Waals surface area (Å²) < 4.78 is 0. The van der Waals surface area contributed by atoms with Crippen LogP contribution in [0.15, 0.2) is 12.3 Å². The highest BCUT2D eigenvalue weighted by atomic mass is 16.3. The zero-order valence-electron chi connectivity index (χ0n) is 6.36. The van der Waals surface area contributed by atoms with Gasteiger partial charge in [-0.2, -0.15) is 0 Å². The number of nitrogens with zero attached hydrogens (tertiary/aromatic N) is 3. The van der Waals surface area contributed by atoms with E-state index in [1.165, 1.54) is 0 Å². The van der Waals surface area contributed by atoms with Crippen molar-refractivity contribution in [2.45, 2.75) is 6.42 Å². The number of aromatic amines is 1. The Labute approximate surface area is 68.8 Å². The first kappa shape index (κ1) is 7.17. The van der Waals surface area contributed by atoms with Crippen molar-refractivity contribution in [3.8, 4) is 11.4 Å². The molecule has 2 aliphatic heterocycles. The van der Waals surface area contributed by atoms with E-state index in [2.05, 4.69) is 20.4 Å². The summed E-state index contributed by atoms with van der Waals surface area (Å²) in [7, 11) is 0. The molecule has 0 amide bonds. The largest absolute Gasteiger partial charge is 0.396 e. The molecule has 0 saturated heterocycles. The van der Waals surface area contributed by atoms with Crippen LogP contribution in [0.4, 0.5) is 0 Å². The number of rotatable bonds is 2. The third-order valence-corrected chi connectivity index (χ3v) is 1.66. The van der Waals surface area contributed by atoms with Crippen LogP contribution in [0.3, 0.4) is 0 Å². The highest BCUT2D eigenvalue weighted by Gasteiger charge is 2.10. The zero-order valence-corrected chi connectivity index (χ0v) is 6.36. The van der Waals surface area contributed by atoms with E-state index in [1.54, 1.807) is 6.20 Å². The van der Waals surface area contributed by atoms with E-state index in [9.17, 15) is 0 Å². The Morgan fingerprint density at radius 1 is 1.50 bits per heavy atom. The first-order valence-electron chi connectivity index (χ1n) is 3.67. The summed E-state index contributed by atoms with van der Waals surface area (Å²) in [5, 5.41) is 19.0. The maximum Gasteiger partial charge on any atom is 0.112 e. The topological polar surface area (TPSA) is 74.7 Å². The van der Waals surface area contributed by atoms with Gasteiger partial charge in [0.15, 0.2) is 0 Å². The minimum Gasteiger partial charge on any atom is -0.396 e. The lowest BCUT2D eigenvalue weighted by molar-refractivity contribution is 0.297. The van der Waals surface area contributed by atoms with Gasteiger partial charge < -0.3 is 5.11 Å². The Hall–Kier alpha value is -1.49. The monoisotopic (exact) mass is 164 g/mol. The molecule has 0 saturated carbocycles. The molecule has 2 aliphatic rings. The molecule has 0 aromatic heterocycles. The van der Waals surface area contributed by atoms with Gasteiger partial charge in [-0.15, -0.1) is 5.10 Å². The van der Waals surface area contributed by atoms with Crippen molar-refractivity contribution in [3.63, 3.8) is 0 Å². The maximum absolute atomic E-state index is 8.71. The standard InChI is InChI=1S/C7H8N4O/c12-4-2-6-7-5(1-3-8-7)9-11-10-6/h1,3,12H,2,4H2,(H,9,10). The number of hydrogen-bond acceptors (Lipinski definition) is 4. The first-order valence-corrected chi connectivity index (χ1v) is 3.67. The lowest BCUT2D eigenvalue weighted by Crippen LogP contribution is -2.02. The van der Waals surface area contributed by atoms with Gasteiger partial charge in [-0.3, -0.25) is 10.1 Å². The van der Waals surface area contributed by atoms with Crippen molar-refractivity contribution < 1.29 is 5.11 Å². The fourth-order valence-electron chi connectivity index (χ4n) is 1.12. The van der Waals surface area contributed by atoms with Gasteiger partial charge >= 0.3 is 0 Å². The summed E-state index contributed by atoms with van der Waals surface area (Å²) in [6, 6.07) is 1.82. The summed E-state index contributed by atoms with van der Waals surface area (Å²) >= 11 is 0. The second-order valence-corrected chi connectivity index (χ2v) is 2.44. The van der Waals surface area contributed by atoms with Crippen LogP contribution in [0.2, 0.25) is 0 Å². The molecule has 0 fully saturated rings. The van der Waals surface area contributed by atoms with Gasteiger partial charge in [-0.05, 0) is 6.07 Å². The van der Waals surface area contributed by atoms with Crippen molar-refractivity contribution in [3.05, 3.63) is 18.0 Å². The quantitative estimate of drug-likeness (QED) is 0.646. The average Bonchev–Trinajstić information content (AvgIpc) is 2.53. The third kappa shape index (κ3) is 1.04. The highest BCUT2D eigenvalue weighted by molar-refractivity contribution is 5.57. The molecule has 0 atom stereocenters. The molecule has 0 spiro atoms. The molecule has 62 valence electrons. The number of aliphatic hydroxyl groups excluding tert-OH is 1. The smallest absolute Gasteiger partial charge is 0.112 e. The maximum atomic E-state index is 8.71. The number of aliphatic hydroxyl groups is 1. The molecule has 0 radical (unpaired) electrons. The van der Waals surface area contributed by atoms with Crippen LogP contribution in [0.25, 0.3) is 11.4 Å². The van der Waals surface area contributed by atoms with Gasteiger partial charge in [0.2, 0.25) is 0 Å². The van der Waals surface area contributed by atoms with Crippen LogP contribution in [0.5, 0.6) is 0 Å². The van der Waals surface area contributed by atoms with Crippen LogP contribution in [0.1, 0.15) is 5.69 Å². The van der Waals surface area contributed by atoms with Gasteiger partial charge in [0.1, 0.15) is 5.69 Å². The van der Waals surface area contributed by atoms with E-state index in [0.717, 1.165) is 17.1 Å². The second-order valence-electron chi connectivity index (χ2n) is 2.44. The van der Waals surface area contributed by atoms with E-state index < -0.39 is 0 Å². The summed E-state index contributed by atoms with van der Waals surface area (Å²) in [6.45, 7) is 0.0701. The number of aromatic nitrogens is 4. The first-order chi connectivity index (χ1) is 5.92. The Bertz CT molecular complexity index is 345. The van der Waals surface area contributed by atoms with Gasteiger partial charge in [0, 0.05) is 19.2 Å². The van der Waals surface area contributed by atoms with Crippen molar-refractivity contribution in [1.82, 2.24) is 20.4 Å². The molecule has 2 rings (SSSR count). The van der Waals surface area contributed by atoms with Crippen molar-refractivity contribution in [2.75, 3.05) is 6.61 Å². The lowest BCUT2D eigenvalue weighted by atomic mass is 10.2. The van der Waals surface area contributed by atoms with Crippen molar-refractivity contribution in [2.24, 2.45) is 0 Å². The molecule has 5 nitrogen and oxygen atoms in total. The molecular weight excluding hydrogens is 156 g/mol. The number of nitrogens with one attached hydrogen (secondary N) is 1. The summed E-state index contributed by atoms with van der Waals surface area (Å²) in [5.74, 6) is 0. The van der Waals surface area contributed by atoms with Crippen LogP contribution in [-0.4, -0.2) is 32.1 Å². The van der Waals surface area contributed by atoms with E-state index in [1.807, 2.05) is 6.07 Å². The fraction of sp³-hybridized carbons (Fsp3) is 0.286. The molecular formula is C7H8N4O. The van der Waals surface area contributed by atoms with Gasteiger partial charge in [0.25, 0.3) is 0 Å². The average molecular weight is 164 g/mol. The molecule has 2 heterocycles. The van der Waals surface area contributed by atoms with Crippen molar-refractivity contribution in [1.29, 1.82) is 0 Å². The normalized spacial score (nSPS) is 10.8. The Morgan fingerprint density at radius 2 is 2.42 bits per heavy atom. The van der Waals surface area contributed by atoms with Crippen LogP contribution >= 0.6 is 0 Å². The molecule has 0 bridgehead atoms. The third-order valence-electron chi connectivity index (χ3n) is 1.66. The van der Waals surface area contributed by atoms with Crippen LogP contribution in [-0.2, 0) is 6.42 Å². The molecule has 0 aromatic carbocycles. The summed E-state index contributed by atoms with van der Waals surface area (Å²) in [4.78, 5) is 4.09. The number of hydrogen-bond donors (Lipinski definition) is 2. The molecule has 0 aromatic rings. The predicted molar refractivity (Wildman–Crippen MR) is 41.6 cm³/mol. The van der Waals surface area contributed by atoms with Crippen molar-refractivity contribution >= 4 is 0 Å². The van der Waals surface area contributed by atoms with Crippen LogP contribution < -0.4 is 0 Å². The minimum absolute atomic E-state index is 0.0701. The Balaban J connectivity index is 2.48. The molecule has 5 heteroatoms. The van der Waals surface area contributed by atoms with Crippen LogP contribution in [0, 0.1) is 0 Å². The summed E-state index contributed by atoms with van der Waals surface area (Å²) in [6.07, 6.45) is 2.18. The molecule has 0 aliphatic carbocycles. The fourth-order valence-corrected chi connectivity index (χ4v) is 1.12. The molecule has 12 heavy (non-hydrogen) atoms. The predicted octanol–water partition coefficient (Wildman–Crippen LogP) is -0.161.